The van der Waals surface area contributed by atoms with Gasteiger partial charge in [-0.15, -0.1) is 0 Å². The van der Waals surface area contributed by atoms with Crippen molar-refractivity contribution < 1.29 is 31.4 Å². The van der Waals surface area contributed by atoms with Gasteiger partial charge in [-0.1, -0.05) is 35.4 Å². The molecule has 0 radical (unpaired) electrons. The molecule has 218 valence electrons. The average molecular weight is 606 g/mol. The van der Waals surface area contributed by atoms with Gasteiger partial charge in [0.15, 0.2) is 0 Å². The molecule has 0 aromatic heterocycles. The molecule has 11 heteroatoms. The maximum Gasteiger partial charge on any atom is 0.340 e. The summed E-state index contributed by atoms with van der Waals surface area (Å²) in [6, 6.07) is 23.2. The van der Waals surface area contributed by atoms with Gasteiger partial charge in [0.1, 0.15) is 11.5 Å². The number of hydrogen-bond donors (Lipinski definition) is 0. The predicted octanol–water partition coefficient (Wildman–Crippen LogP) is 5.96. The first-order chi connectivity index (χ1) is 20.1. The van der Waals surface area contributed by atoms with E-state index >= 15 is 0 Å². The number of carbonyl (C=O) groups is 1. The summed E-state index contributed by atoms with van der Waals surface area (Å²) in [5.41, 5.74) is 3.78. The number of rotatable bonds is 8. The van der Waals surface area contributed by atoms with E-state index in [1.807, 2.05) is 13.8 Å². The van der Waals surface area contributed by atoms with E-state index in [9.17, 15) is 22.0 Å². The lowest BCUT2D eigenvalue weighted by Crippen LogP contribution is -2.35. The van der Waals surface area contributed by atoms with Crippen LogP contribution in [0, 0.1) is 13.8 Å². The third-order valence-electron chi connectivity index (χ3n) is 6.98. The highest BCUT2D eigenvalue weighted by atomic mass is 32.2. The summed E-state index contributed by atoms with van der Waals surface area (Å²) < 4.78 is 64.8. The number of carbonyl (C=O) groups excluding carboxylic acids is 1. The quantitative estimate of drug-likeness (QED) is 0.180. The Bertz CT molecular complexity index is 1760. The zero-order valence-corrected chi connectivity index (χ0v) is 24.9. The number of hydrogen-bond acceptors (Lipinski definition) is 7. The number of aryl methyl sites for hydroxylation is 3. The molecule has 1 atom stereocenters. The summed E-state index contributed by atoms with van der Waals surface area (Å²) in [5, 5.41) is 0. The Hall–Kier alpha value is -4.19. The van der Waals surface area contributed by atoms with Gasteiger partial charge in [0.25, 0.3) is 10.0 Å². The number of methoxy groups -OCH3 is 1. The van der Waals surface area contributed by atoms with Crippen molar-refractivity contribution in [3.63, 3.8) is 0 Å². The lowest BCUT2D eigenvalue weighted by molar-refractivity contribution is 0.0601. The van der Waals surface area contributed by atoms with Crippen LogP contribution >= 0.6 is 0 Å². The summed E-state index contributed by atoms with van der Waals surface area (Å²) in [6.07, 6.45) is 1.31. The largest absolute Gasteiger partial charge is 0.755 e. The number of esters is 1. The molecule has 4 aromatic carbocycles. The van der Waals surface area contributed by atoms with Gasteiger partial charge in [-0.25, -0.2) is 13.2 Å². The molecule has 0 N–H and O–H groups in total. The SMILES string of the molecule is COC(=O)c1cc(Oc2ccc3c(c2)CCCN3S(=O)(=O)c2ccc(C)cc2)ccc1N(c1ccc(C)cc1)S(=O)[O-]. The van der Waals surface area contributed by atoms with Crippen molar-refractivity contribution in [3.05, 3.63) is 107 Å². The minimum atomic E-state index is -3.74. The fourth-order valence-electron chi connectivity index (χ4n) is 4.84. The van der Waals surface area contributed by atoms with E-state index in [-0.39, 0.29) is 21.9 Å². The summed E-state index contributed by atoms with van der Waals surface area (Å²) >= 11 is -2.73. The van der Waals surface area contributed by atoms with Crippen molar-refractivity contribution in [1.29, 1.82) is 0 Å². The zero-order valence-electron chi connectivity index (χ0n) is 23.3. The second kappa shape index (κ2) is 12.0. The molecule has 1 aliphatic heterocycles. The van der Waals surface area contributed by atoms with Gasteiger partial charge in [0.05, 0.1) is 45.9 Å². The van der Waals surface area contributed by atoms with Gasteiger partial charge < -0.3 is 14.0 Å². The molecule has 0 saturated carbocycles. The first-order valence-corrected chi connectivity index (χ1v) is 15.6. The molecule has 0 saturated heterocycles. The lowest BCUT2D eigenvalue weighted by atomic mass is 10.0. The third-order valence-corrected chi connectivity index (χ3v) is 9.51. The van der Waals surface area contributed by atoms with Gasteiger partial charge in [0, 0.05) is 6.54 Å². The molecule has 0 spiro atoms. The van der Waals surface area contributed by atoms with Crippen LogP contribution in [0.2, 0.25) is 0 Å². The van der Waals surface area contributed by atoms with Crippen LogP contribution < -0.4 is 13.3 Å². The van der Waals surface area contributed by atoms with Crippen LogP contribution in [0.25, 0.3) is 0 Å². The Morgan fingerprint density at radius 3 is 2.17 bits per heavy atom. The third kappa shape index (κ3) is 5.89. The van der Waals surface area contributed by atoms with Crippen LogP contribution in [0.5, 0.6) is 11.5 Å². The van der Waals surface area contributed by atoms with Gasteiger partial charge in [-0.3, -0.25) is 12.8 Å². The molecule has 0 aliphatic carbocycles. The van der Waals surface area contributed by atoms with Crippen molar-refractivity contribution >= 4 is 44.3 Å². The summed E-state index contributed by atoms with van der Waals surface area (Å²) in [4.78, 5) is 13.0. The smallest absolute Gasteiger partial charge is 0.340 e. The molecule has 9 nitrogen and oxygen atoms in total. The van der Waals surface area contributed by atoms with E-state index in [4.69, 9.17) is 9.47 Å². The van der Waals surface area contributed by atoms with Crippen molar-refractivity contribution in [2.24, 2.45) is 0 Å². The molecule has 0 fully saturated rings. The zero-order chi connectivity index (χ0) is 30.0. The lowest BCUT2D eigenvalue weighted by Gasteiger charge is -2.31. The van der Waals surface area contributed by atoms with E-state index in [1.54, 1.807) is 72.8 Å². The molecule has 0 bridgehead atoms. The second-order valence-corrected chi connectivity index (χ2v) is 12.6. The van der Waals surface area contributed by atoms with Gasteiger partial charge in [0.2, 0.25) is 0 Å². The first kappa shape index (κ1) is 29.3. The monoisotopic (exact) mass is 605 g/mol. The summed E-state index contributed by atoms with van der Waals surface area (Å²) in [7, 11) is -2.53. The minimum Gasteiger partial charge on any atom is -0.755 e. The number of nitrogens with zero attached hydrogens (tertiary/aromatic N) is 2. The number of anilines is 3. The Morgan fingerprint density at radius 1 is 0.905 bits per heavy atom. The highest BCUT2D eigenvalue weighted by Gasteiger charge is 2.29. The highest BCUT2D eigenvalue weighted by Crippen LogP contribution is 2.38. The molecular weight excluding hydrogens is 576 g/mol. The normalized spacial score (nSPS) is 13.7. The molecular formula is C31H29N2O7S2-. The van der Waals surface area contributed by atoms with E-state index in [2.05, 4.69) is 0 Å². The Morgan fingerprint density at radius 2 is 1.52 bits per heavy atom. The second-order valence-electron chi connectivity index (χ2n) is 9.90. The maximum absolute atomic E-state index is 13.4. The van der Waals surface area contributed by atoms with Gasteiger partial charge in [-0.05, 0) is 92.9 Å². The molecule has 4 aromatic rings. The fraction of sp³-hybridized carbons (Fsp3) is 0.194. The Kier molecular flexibility index (Phi) is 8.35. The summed E-state index contributed by atoms with van der Waals surface area (Å²) in [6.45, 7) is 4.15. The Labute approximate surface area is 247 Å². The van der Waals surface area contributed by atoms with Crippen LogP contribution in [0.15, 0.2) is 89.8 Å². The standard InChI is InChI=1S/C31H30N2O7S2/c1-21-6-10-24(11-7-21)33(41(35)36)30-17-13-26(20-28(30)31(34)39-3)40-25-12-16-29-23(19-25)5-4-18-32(29)42(37,38)27-14-8-22(2)9-15-27/h6-17,19-20H,4-5,18H2,1-3H3,(H,35,36)/p-1. The van der Waals surface area contributed by atoms with Crippen LogP contribution in [0.4, 0.5) is 17.1 Å². The van der Waals surface area contributed by atoms with Crippen LogP contribution in [0.1, 0.15) is 33.5 Å². The predicted molar refractivity (Wildman–Crippen MR) is 161 cm³/mol. The molecule has 1 heterocycles. The number of ether oxygens (including phenoxy) is 2. The van der Waals surface area contributed by atoms with E-state index < -0.39 is 27.3 Å². The highest BCUT2D eigenvalue weighted by molar-refractivity contribution is 7.92. The van der Waals surface area contributed by atoms with Crippen LogP contribution in [-0.4, -0.2) is 36.8 Å². The number of sulfonamides is 1. The minimum absolute atomic E-state index is 0.00639. The summed E-state index contributed by atoms with van der Waals surface area (Å²) in [5.74, 6) is -0.0188. The molecule has 42 heavy (non-hydrogen) atoms. The van der Waals surface area contributed by atoms with Gasteiger partial charge in [-0.2, -0.15) is 0 Å². The van der Waals surface area contributed by atoms with Crippen molar-refractivity contribution in [2.45, 2.75) is 31.6 Å². The van der Waals surface area contributed by atoms with Crippen molar-refractivity contribution in [1.82, 2.24) is 0 Å². The number of benzene rings is 4. The fourth-order valence-corrected chi connectivity index (χ4v) is 7.00. The Balaban J connectivity index is 1.46. The van der Waals surface area contributed by atoms with Crippen molar-refractivity contribution in [2.75, 3.05) is 22.3 Å². The average Bonchev–Trinajstić information content (AvgIpc) is 2.98. The maximum atomic E-state index is 13.4. The molecule has 1 unspecified atom stereocenters. The van der Waals surface area contributed by atoms with Crippen LogP contribution in [-0.2, 0) is 32.4 Å². The molecule has 0 amide bonds. The van der Waals surface area contributed by atoms with Crippen LogP contribution in [0.3, 0.4) is 0 Å². The van der Waals surface area contributed by atoms with Gasteiger partial charge >= 0.3 is 5.97 Å². The van der Waals surface area contributed by atoms with E-state index in [0.717, 1.165) is 21.0 Å². The van der Waals surface area contributed by atoms with E-state index in [0.29, 0.717) is 36.5 Å². The molecule has 5 rings (SSSR count). The molecule has 1 aliphatic rings. The topological polar surface area (TPSA) is 116 Å². The number of fused-ring (bicyclic) bond motifs is 1. The van der Waals surface area contributed by atoms with E-state index in [1.165, 1.54) is 23.5 Å². The van der Waals surface area contributed by atoms with Crippen molar-refractivity contribution in [3.8, 4) is 11.5 Å². The first-order valence-electron chi connectivity index (χ1n) is 13.2.